The molecule has 0 atom stereocenters. The van der Waals surface area contributed by atoms with Gasteiger partial charge in [0.15, 0.2) is 13.2 Å². The van der Waals surface area contributed by atoms with Crippen LogP contribution in [0.2, 0.25) is 0 Å². The third-order valence-electron chi connectivity index (χ3n) is 1.40. The fraction of sp³-hybridized carbons (Fsp3) is 0.364. The Morgan fingerprint density at radius 3 is 1.83 bits per heavy atom. The molecule has 0 aliphatic carbocycles. The van der Waals surface area contributed by atoms with Crippen molar-refractivity contribution in [2.45, 2.75) is 6.10 Å². The van der Waals surface area contributed by atoms with Gasteiger partial charge in [-0.3, -0.25) is 0 Å². The Balaban J connectivity index is 4.66. The topological polar surface area (TPSA) is 88.1 Å². The molecule has 0 aromatic carbocycles. The molecule has 0 radical (unpaired) electrons. The minimum Gasteiger partial charge on any atom is -0.449 e. The number of methoxy groups -OCH3 is 1. The number of hydrogen-bond acceptors (Lipinski definition) is 7. The van der Waals surface area contributed by atoms with E-state index in [-0.39, 0.29) is 13.2 Å². The zero-order chi connectivity index (χ0) is 14.0. The van der Waals surface area contributed by atoms with Crippen LogP contribution >= 0.6 is 0 Å². The van der Waals surface area contributed by atoms with Gasteiger partial charge in [0.25, 0.3) is 6.10 Å². The molecule has 0 aromatic rings. The van der Waals surface area contributed by atoms with Crippen LogP contribution in [0.25, 0.3) is 0 Å². The number of esters is 2. The van der Waals surface area contributed by atoms with Crippen LogP contribution in [0.1, 0.15) is 0 Å². The SMILES string of the molecule is C#CCOC(=O)C(OC(=O)OC)C(=O)OCC#C. The number of carbonyl (C=O) groups is 3. The summed E-state index contributed by atoms with van der Waals surface area (Å²) in [7, 11) is 0.999. The minimum absolute atomic E-state index is 0.387. The molecule has 7 nitrogen and oxygen atoms in total. The number of hydrogen-bond donors (Lipinski definition) is 0. The van der Waals surface area contributed by atoms with E-state index in [9.17, 15) is 14.4 Å². The van der Waals surface area contributed by atoms with Crippen molar-refractivity contribution in [2.75, 3.05) is 20.3 Å². The van der Waals surface area contributed by atoms with Crippen LogP contribution in [0, 0.1) is 24.7 Å². The fourth-order valence-electron chi connectivity index (χ4n) is 0.714. The van der Waals surface area contributed by atoms with E-state index in [0.29, 0.717) is 0 Å². The van der Waals surface area contributed by atoms with Crippen molar-refractivity contribution in [3.8, 4) is 24.7 Å². The van der Waals surface area contributed by atoms with Gasteiger partial charge >= 0.3 is 18.1 Å². The Kier molecular flexibility index (Phi) is 7.22. The molecule has 0 aliphatic rings. The van der Waals surface area contributed by atoms with Crippen molar-refractivity contribution in [3.63, 3.8) is 0 Å². The first-order valence-corrected chi connectivity index (χ1v) is 4.51. The van der Waals surface area contributed by atoms with Crippen LogP contribution in [0.15, 0.2) is 0 Å². The van der Waals surface area contributed by atoms with Gasteiger partial charge < -0.3 is 18.9 Å². The van der Waals surface area contributed by atoms with Gasteiger partial charge in [0, 0.05) is 0 Å². The van der Waals surface area contributed by atoms with Gasteiger partial charge in [-0.2, -0.15) is 0 Å². The number of terminal acetylenes is 2. The van der Waals surface area contributed by atoms with E-state index in [1.54, 1.807) is 0 Å². The summed E-state index contributed by atoms with van der Waals surface area (Å²) in [5.41, 5.74) is 0. The molecule has 96 valence electrons. The first-order chi connectivity index (χ1) is 8.56. The summed E-state index contributed by atoms with van der Waals surface area (Å²) in [6.07, 6.45) is 6.53. The summed E-state index contributed by atoms with van der Waals surface area (Å²) in [5, 5.41) is 0. The second-order valence-electron chi connectivity index (χ2n) is 2.58. The van der Waals surface area contributed by atoms with Gasteiger partial charge in [0.05, 0.1) is 7.11 Å². The summed E-state index contributed by atoms with van der Waals surface area (Å²) in [4.78, 5) is 33.5. The maximum Gasteiger partial charge on any atom is 0.509 e. The highest BCUT2D eigenvalue weighted by molar-refractivity contribution is 5.99. The van der Waals surface area contributed by atoms with Gasteiger partial charge in [0.1, 0.15) is 0 Å². The zero-order valence-electron chi connectivity index (χ0n) is 9.50. The highest BCUT2D eigenvalue weighted by Crippen LogP contribution is 2.01. The Labute approximate surface area is 103 Å². The van der Waals surface area contributed by atoms with Gasteiger partial charge in [-0.1, -0.05) is 11.8 Å². The van der Waals surface area contributed by atoms with E-state index in [0.717, 1.165) is 7.11 Å². The molecule has 0 unspecified atom stereocenters. The molecule has 0 aromatic heterocycles. The maximum atomic E-state index is 11.4. The smallest absolute Gasteiger partial charge is 0.449 e. The molecule has 0 bridgehead atoms. The highest BCUT2D eigenvalue weighted by Gasteiger charge is 2.34. The second kappa shape index (κ2) is 8.48. The van der Waals surface area contributed by atoms with Crippen LogP contribution in [0.4, 0.5) is 4.79 Å². The molecule has 0 spiro atoms. The van der Waals surface area contributed by atoms with Crippen LogP contribution in [0.5, 0.6) is 0 Å². The van der Waals surface area contributed by atoms with Gasteiger partial charge in [-0.25, -0.2) is 14.4 Å². The molecule has 7 heteroatoms. The highest BCUT2D eigenvalue weighted by atomic mass is 16.7. The molecule has 0 amide bonds. The first-order valence-electron chi connectivity index (χ1n) is 4.51. The van der Waals surface area contributed by atoms with Crippen LogP contribution in [-0.4, -0.2) is 44.5 Å². The van der Waals surface area contributed by atoms with E-state index in [4.69, 9.17) is 12.8 Å². The second-order valence-corrected chi connectivity index (χ2v) is 2.58. The van der Waals surface area contributed by atoms with E-state index in [2.05, 4.69) is 18.9 Å². The predicted octanol–water partition coefficient (Wildman–Crippen LogP) is -0.509. The Morgan fingerprint density at radius 2 is 1.50 bits per heavy atom. The molecule has 18 heavy (non-hydrogen) atoms. The first kappa shape index (κ1) is 15.3. The van der Waals surface area contributed by atoms with Crippen molar-refractivity contribution < 1.29 is 33.3 Å². The summed E-state index contributed by atoms with van der Waals surface area (Å²) in [5.74, 6) is 1.65. The molecule has 0 N–H and O–H groups in total. The number of carbonyl (C=O) groups excluding carboxylic acids is 3. The van der Waals surface area contributed by atoms with E-state index >= 15 is 0 Å². The average molecular weight is 254 g/mol. The Morgan fingerprint density at radius 1 is 1.06 bits per heavy atom. The van der Waals surface area contributed by atoms with Gasteiger partial charge in [0.2, 0.25) is 0 Å². The van der Waals surface area contributed by atoms with Crippen LogP contribution in [-0.2, 0) is 28.5 Å². The normalized spacial score (nSPS) is 8.67. The van der Waals surface area contributed by atoms with E-state index in [1.165, 1.54) is 0 Å². The minimum atomic E-state index is -1.93. The lowest BCUT2D eigenvalue weighted by atomic mass is 10.3. The lowest BCUT2D eigenvalue weighted by molar-refractivity contribution is -0.168. The summed E-state index contributed by atoms with van der Waals surface area (Å²) >= 11 is 0. The maximum absolute atomic E-state index is 11.4. The Bertz CT molecular complexity index is 369. The monoisotopic (exact) mass is 254 g/mol. The van der Waals surface area contributed by atoms with Gasteiger partial charge in [-0.05, 0) is 0 Å². The molecular formula is C11H10O7. The van der Waals surface area contributed by atoms with E-state index < -0.39 is 24.2 Å². The van der Waals surface area contributed by atoms with Crippen molar-refractivity contribution in [3.05, 3.63) is 0 Å². The summed E-state index contributed by atoms with van der Waals surface area (Å²) in [6.45, 7) is -0.773. The third kappa shape index (κ3) is 5.42. The quantitative estimate of drug-likeness (QED) is 0.282. The predicted molar refractivity (Wildman–Crippen MR) is 56.9 cm³/mol. The molecule has 0 saturated carbocycles. The largest absolute Gasteiger partial charge is 0.509 e. The Hall–Kier alpha value is -2.67. The number of ether oxygens (including phenoxy) is 4. The van der Waals surface area contributed by atoms with Crippen molar-refractivity contribution in [1.29, 1.82) is 0 Å². The van der Waals surface area contributed by atoms with Crippen molar-refractivity contribution >= 4 is 18.1 Å². The molecular weight excluding hydrogens is 244 g/mol. The lowest BCUT2D eigenvalue weighted by Crippen LogP contribution is -2.38. The van der Waals surface area contributed by atoms with Crippen LogP contribution in [0.3, 0.4) is 0 Å². The standard InChI is InChI=1S/C11H10O7/c1-4-6-16-9(12)8(18-11(14)15-3)10(13)17-7-5-2/h1-2,8H,6-7H2,3H3. The third-order valence-corrected chi connectivity index (χ3v) is 1.40. The van der Waals surface area contributed by atoms with Crippen LogP contribution < -0.4 is 0 Å². The fourth-order valence-corrected chi connectivity index (χ4v) is 0.714. The number of rotatable bonds is 5. The molecule has 0 rings (SSSR count). The molecule has 0 fully saturated rings. The molecule has 0 aliphatic heterocycles. The average Bonchev–Trinajstić information content (AvgIpc) is 2.38. The van der Waals surface area contributed by atoms with Crippen molar-refractivity contribution in [2.24, 2.45) is 0 Å². The van der Waals surface area contributed by atoms with Crippen molar-refractivity contribution in [1.82, 2.24) is 0 Å². The van der Waals surface area contributed by atoms with E-state index in [1.807, 2.05) is 11.8 Å². The molecule has 0 heterocycles. The molecule has 0 saturated heterocycles. The lowest BCUT2D eigenvalue weighted by Gasteiger charge is -2.13. The van der Waals surface area contributed by atoms with Gasteiger partial charge in [-0.15, -0.1) is 12.8 Å². The zero-order valence-corrected chi connectivity index (χ0v) is 9.50. The summed E-state index contributed by atoms with van der Waals surface area (Å²) < 4.78 is 17.4. The summed E-state index contributed by atoms with van der Waals surface area (Å²) in [6, 6.07) is 0.